The summed E-state index contributed by atoms with van der Waals surface area (Å²) < 4.78 is 2.38. The Kier molecular flexibility index (Phi) is 3.00. The molecule has 0 saturated carbocycles. The van der Waals surface area contributed by atoms with Crippen LogP contribution in [0, 0.1) is 6.92 Å². The molecule has 0 amide bonds. The van der Waals surface area contributed by atoms with Crippen LogP contribution in [0.3, 0.4) is 0 Å². The number of rotatable bonds is 2. The van der Waals surface area contributed by atoms with E-state index in [4.69, 9.17) is 4.98 Å². The van der Waals surface area contributed by atoms with E-state index in [0.29, 0.717) is 0 Å². The molecule has 4 rings (SSSR count). The average Bonchev–Trinajstić information content (AvgIpc) is 3.04. The van der Waals surface area contributed by atoms with Crippen molar-refractivity contribution in [3.63, 3.8) is 0 Å². The molecule has 0 atom stereocenters. The highest BCUT2D eigenvalue weighted by molar-refractivity contribution is 5.76. The van der Waals surface area contributed by atoms with Gasteiger partial charge in [-0.2, -0.15) is 0 Å². The fraction of sp³-hybridized carbons (Fsp3) is 0.375. The lowest BCUT2D eigenvalue weighted by molar-refractivity contribution is 0.269. The molecule has 1 aliphatic heterocycles. The first kappa shape index (κ1) is 12.6. The predicted molar refractivity (Wildman–Crippen MR) is 82.0 cm³/mol. The lowest BCUT2D eigenvalue weighted by Gasteiger charge is -2.18. The van der Waals surface area contributed by atoms with E-state index in [0.717, 1.165) is 38.1 Å². The number of hydrogen-bond donors (Lipinski definition) is 1. The lowest BCUT2D eigenvalue weighted by Crippen LogP contribution is -2.26. The Morgan fingerprint density at radius 1 is 1.24 bits per heavy atom. The second-order valence-electron chi connectivity index (χ2n) is 5.77. The first-order chi connectivity index (χ1) is 10.3. The summed E-state index contributed by atoms with van der Waals surface area (Å²) in [6, 6.07) is 6.55. The smallest absolute Gasteiger partial charge is 0.111 e. The standard InChI is InChI=1S/C16H19N5/c1-12-2-3-15-14(8-12)19-16-4-5-20(6-7-21(15)16)10-13-9-17-11-18-13/h2-3,8-9,11H,4-7,10H2,1H3,(H,17,18). The van der Waals surface area contributed by atoms with Gasteiger partial charge in [0.05, 0.1) is 17.4 Å². The van der Waals surface area contributed by atoms with Crippen LogP contribution in [-0.2, 0) is 19.5 Å². The molecule has 1 aromatic carbocycles. The first-order valence-electron chi connectivity index (χ1n) is 7.45. The van der Waals surface area contributed by atoms with Crippen LogP contribution in [-0.4, -0.2) is 37.5 Å². The Hall–Kier alpha value is -2.14. The van der Waals surface area contributed by atoms with Crippen LogP contribution in [0.4, 0.5) is 0 Å². The lowest BCUT2D eigenvalue weighted by atomic mass is 10.2. The van der Waals surface area contributed by atoms with E-state index >= 15 is 0 Å². The number of nitrogens with one attached hydrogen (secondary N) is 1. The van der Waals surface area contributed by atoms with Gasteiger partial charge in [0, 0.05) is 44.5 Å². The molecule has 0 saturated heterocycles. The minimum atomic E-state index is 0.932. The zero-order valence-corrected chi connectivity index (χ0v) is 12.2. The molecule has 1 N–H and O–H groups in total. The van der Waals surface area contributed by atoms with Crippen molar-refractivity contribution >= 4 is 11.0 Å². The third-order valence-corrected chi connectivity index (χ3v) is 4.22. The molecule has 0 fully saturated rings. The van der Waals surface area contributed by atoms with Gasteiger partial charge in [-0.05, 0) is 24.6 Å². The number of nitrogens with zero attached hydrogens (tertiary/aromatic N) is 4. The number of hydrogen-bond acceptors (Lipinski definition) is 3. The Bertz CT molecular complexity index is 756. The SMILES string of the molecule is Cc1ccc2c(c1)nc1n2CCN(Cc2cnc[nH]2)CC1. The zero-order chi connectivity index (χ0) is 14.2. The number of aryl methyl sites for hydroxylation is 1. The highest BCUT2D eigenvalue weighted by Gasteiger charge is 2.17. The normalized spacial score (nSPS) is 16.0. The maximum atomic E-state index is 4.82. The maximum Gasteiger partial charge on any atom is 0.111 e. The van der Waals surface area contributed by atoms with Crippen LogP contribution in [0.25, 0.3) is 11.0 Å². The van der Waals surface area contributed by atoms with Gasteiger partial charge >= 0.3 is 0 Å². The van der Waals surface area contributed by atoms with Gasteiger partial charge in [-0.25, -0.2) is 9.97 Å². The molecule has 5 heteroatoms. The van der Waals surface area contributed by atoms with E-state index in [9.17, 15) is 0 Å². The van der Waals surface area contributed by atoms with Crippen molar-refractivity contribution in [2.24, 2.45) is 0 Å². The summed E-state index contributed by atoms with van der Waals surface area (Å²) in [6.45, 7) is 6.15. The quantitative estimate of drug-likeness (QED) is 0.783. The zero-order valence-electron chi connectivity index (χ0n) is 12.2. The molecular formula is C16H19N5. The van der Waals surface area contributed by atoms with Gasteiger partial charge < -0.3 is 9.55 Å². The van der Waals surface area contributed by atoms with Crippen molar-refractivity contribution in [2.75, 3.05) is 13.1 Å². The largest absolute Gasteiger partial charge is 0.347 e. The van der Waals surface area contributed by atoms with E-state index < -0.39 is 0 Å². The molecule has 0 unspecified atom stereocenters. The topological polar surface area (TPSA) is 49.7 Å². The average molecular weight is 281 g/mol. The van der Waals surface area contributed by atoms with Gasteiger partial charge in [-0.1, -0.05) is 6.07 Å². The minimum Gasteiger partial charge on any atom is -0.347 e. The van der Waals surface area contributed by atoms with E-state index in [2.05, 4.69) is 44.6 Å². The van der Waals surface area contributed by atoms with Gasteiger partial charge in [0.1, 0.15) is 5.82 Å². The number of fused-ring (bicyclic) bond motifs is 3. The molecule has 5 nitrogen and oxygen atoms in total. The number of imidazole rings is 2. The predicted octanol–water partition coefficient (Wildman–Crippen LogP) is 2.13. The Morgan fingerprint density at radius 3 is 3.05 bits per heavy atom. The second-order valence-corrected chi connectivity index (χ2v) is 5.77. The van der Waals surface area contributed by atoms with Gasteiger partial charge in [-0.15, -0.1) is 0 Å². The summed E-state index contributed by atoms with van der Waals surface area (Å²) in [4.78, 5) is 14.6. The summed E-state index contributed by atoms with van der Waals surface area (Å²) in [5, 5.41) is 0. The molecule has 0 spiro atoms. The first-order valence-corrected chi connectivity index (χ1v) is 7.45. The molecular weight excluding hydrogens is 262 g/mol. The molecule has 0 aliphatic carbocycles. The van der Waals surface area contributed by atoms with Gasteiger partial charge in [0.25, 0.3) is 0 Å². The van der Waals surface area contributed by atoms with E-state index in [1.807, 2.05) is 6.20 Å². The summed E-state index contributed by atoms with van der Waals surface area (Å²) in [6.07, 6.45) is 4.65. The minimum absolute atomic E-state index is 0.932. The molecule has 0 radical (unpaired) electrons. The number of benzene rings is 1. The Balaban J connectivity index is 1.58. The molecule has 2 aromatic heterocycles. The van der Waals surface area contributed by atoms with Crippen molar-refractivity contribution in [3.05, 3.63) is 47.8 Å². The molecule has 3 heterocycles. The van der Waals surface area contributed by atoms with E-state index in [-0.39, 0.29) is 0 Å². The van der Waals surface area contributed by atoms with Crippen LogP contribution in [0.5, 0.6) is 0 Å². The van der Waals surface area contributed by atoms with Crippen LogP contribution in [0.2, 0.25) is 0 Å². The second kappa shape index (κ2) is 5.00. The number of aromatic amines is 1. The Morgan fingerprint density at radius 2 is 2.19 bits per heavy atom. The fourth-order valence-corrected chi connectivity index (χ4v) is 3.11. The van der Waals surface area contributed by atoms with Crippen molar-refractivity contribution in [1.29, 1.82) is 0 Å². The summed E-state index contributed by atoms with van der Waals surface area (Å²) in [7, 11) is 0. The van der Waals surface area contributed by atoms with Crippen molar-refractivity contribution in [2.45, 2.75) is 26.4 Å². The van der Waals surface area contributed by atoms with Gasteiger partial charge in [0.2, 0.25) is 0 Å². The van der Waals surface area contributed by atoms with Crippen molar-refractivity contribution in [3.8, 4) is 0 Å². The van der Waals surface area contributed by atoms with Crippen LogP contribution < -0.4 is 0 Å². The van der Waals surface area contributed by atoms with Crippen molar-refractivity contribution < 1.29 is 0 Å². The fourth-order valence-electron chi connectivity index (χ4n) is 3.11. The molecule has 108 valence electrons. The third-order valence-electron chi connectivity index (χ3n) is 4.22. The van der Waals surface area contributed by atoms with Gasteiger partial charge in [0.15, 0.2) is 0 Å². The van der Waals surface area contributed by atoms with Crippen LogP contribution in [0.15, 0.2) is 30.7 Å². The monoisotopic (exact) mass is 281 g/mol. The Labute approximate surface area is 123 Å². The summed E-state index contributed by atoms with van der Waals surface area (Å²) in [5.41, 5.74) is 4.85. The van der Waals surface area contributed by atoms with Crippen molar-refractivity contribution in [1.82, 2.24) is 24.4 Å². The summed E-state index contributed by atoms with van der Waals surface area (Å²) in [5.74, 6) is 1.21. The van der Waals surface area contributed by atoms with E-state index in [1.54, 1.807) is 6.33 Å². The highest BCUT2D eigenvalue weighted by atomic mass is 15.2. The molecule has 3 aromatic rings. The molecule has 0 bridgehead atoms. The van der Waals surface area contributed by atoms with Crippen LogP contribution in [0.1, 0.15) is 17.1 Å². The molecule has 21 heavy (non-hydrogen) atoms. The molecule has 1 aliphatic rings. The van der Waals surface area contributed by atoms with Crippen LogP contribution >= 0.6 is 0 Å². The third kappa shape index (κ3) is 2.34. The number of aromatic nitrogens is 4. The van der Waals surface area contributed by atoms with Gasteiger partial charge in [-0.3, -0.25) is 4.90 Å². The number of H-pyrrole nitrogens is 1. The maximum absolute atomic E-state index is 4.82. The summed E-state index contributed by atoms with van der Waals surface area (Å²) >= 11 is 0. The highest BCUT2D eigenvalue weighted by Crippen LogP contribution is 2.20. The van der Waals surface area contributed by atoms with E-state index in [1.165, 1.54) is 22.6 Å².